The molecule has 4 aromatic rings. The molecule has 446 valence electrons. The molecule has 23 heteroatoms. The quantitative estimate of drug-likeness (QED) is 0.0500. The summed E-state index contributed by atoms with van der Waals surface area (Å²) < 4.78 is 81.6. The number of aryl methyl sites for hydroxylation is 1. The summed E-state index contributed by atoms with van der Waals surface area (Å²) in [4.78, 5) is 25.2. The third-order valence-electron chi connectivity index (χ3n) is 13.5. The van der Waals surface area contributed by atoms with Crippen LogP contribution in [0, 0.1) is 40.4 Å². The van der Waals surface area contributed by atoms with Crippen LogP contribution in [0.25, 0.3) is 0 Å². The van der Waals surface area contributed by atoms with Gasteiger partial charge < -0.3 is 73.5 Å². The first kappa shape index (κ1) is 64.4. The normalized spacial score (nSPS) is 16.6. The number of rotatable bonds is 24. The summed E-state index contributed by atoms with van der Waals surface area (Å²) in [6.07, 6.45) is -1.98. The van der Waals surface area contributed by atoms with Gasteiger partial charge in [-0.25, -0.2) is 18.0 Å². The number of aliphatic hydroxyl groups excluding tert-OH is 2. The lowest BCUT2D eigenvalue weighted by Crippen LogP contribution is -2.52. The fourth-order valence-electron chi connectivity index (χ4n) is 8.95. The minimum atomic E-state index is -4.16. The first-order chi connectivity index (χ1) is 39.3. The van der Waals surface area contributed by atoms with E-state index in [1.54, 1.807) is 0 Å². The molecule has 0 aromatic heterocycles. The lowest BCUT2D eigenvalue weighted by atomic mass is 9.88. The first-order valence-corrected chi connectivity index (χ1v) is 28.7. The molecule has 4 aromatic carbocycles. The molecule has 4 aliphatic rings. The van der Waals surface area contributed by atoms with E-state index in [0.717, 1.165) is 29.0 Å². The van der Waals surface area contributed by atoms with Crippen molar-refractivity contribution in [3.05, 3.63) is 114 Å². The van der Waals surface area contributed by atoms with E-state index in [9.17, 15) is 28.2 Å². The van der Waals surface area contributed by atoms with Crippen LogP contribution >= 0.6 is 0 Å². The molecule has 4 aliphatic heterocycles. The molecule has 82 heavy (non-hydrogen) atoms. The molecule has 0 spiro atoms. The lowest BCUT2D eigenvalue weighted by molar-refractivity contribution is -0.151. The van der Waals surface area contributed by atoms with Gasteiger partial charge in [-0.2, -0.15) is 14.8 Å². The van der Waals surface area contributed by atoms with Gasteiger partial charge in [0.15, 0.2) is 35.2 Å². The molecule has 0 bridgehead atoms. The van der Waals surface area contributed by atoms with Crippen molar-refractivity contribution in [1.29, 1.82) is 10.5 Å². The zero-order chi connectivity index (χ0) is 59.0. The Hall–Kier alpha value is -6.77. The van der Waals surface area contributed by atoms with Crippen LogP contribution in [0.3, 0.4) is 0 Å². The van der Waals surface area contributed by atoms with Gasteiger partial charge in [0.05, 0.1) is 67.8 Å². The second-order valence-electron chi connectivity index (χ2n) is 21.7. The number of sulfonamides is 1. The second kappa shape index (κ2) is 32.2. The van der Waals surface area contributed by atoms with Crippen LogP contribution < -0.4 is 34.9 Å². The van der Waals surface area contributed by atoms with Gasteiger partial charge in [0, 0.05) is 45.1 Å². The van der Waals surface area contributed by atoms with Crippen LogP contribution in [0.4, 0.5) is 9.59 Å². The number of amides is 2. The molecule has 0 radical (unpaired) electrons. The number of benzene rings is 4. The fourth-order valence-corrected chi connectivity index (χ4v) is 10.6. The van der Waals surface area contributed by atoms with Crippen molar-refractivity contribution in [2.75, 3.05) is 79.8 Å². The summed E-state index contributed by atoms with van der Waals surface area (Å²) in [5.74, 6) is 2.46. The van der Waals surface area contributed by atoms with E-state index in [4.69, 9.17) is 57.9 Å². The molecule has 8 rings (SSSR count). The highest BCUT2D eigenvalue weighted by Gasteiger charge is 2.36. The fraction of sp³-hybridized carbons (Fsp3) is 0.525. The number of hydrogen-bond acceptors (Lipinski definition) is 19. The molecule has 0 unspecified atom stereocenters. The summed E-state index contributed by atoms with van der Waals surface area (Å²) >= 11 is 0. The number of hydrogen-bond donors (Lipinski definition) is 5. The van der Waals surface area contributed by atoms with Gasteiger partial charge in [0.2, 0.25) is 23.6 Å². The van der Waals surface area contributed by atoms with Crippen molar-refractivity contribution < 1.29 is 75.6 Å². The van der Waals surface area contributed by atoms with Crippen LogP contribution in [0.15, 0.2) is 102 Å². The van der Waals surface area contributed by atoms with E-state index < -0.39 is 64.1 Å². The van der Waals surface area contributed by atoms with Gasteiger partial charge in [-0.3, -0.25) is 0 Å². The molecule has 4 atom stereocenters. The molecule has 4 heterocycles. The Bertz CT molecular complexity index is 2810. The van der Waals surface area contributed by atoms with Crippen molar-refractivity contribution in [3.63, 3.8) is 0 Å². The molecule has 0 aliphatic carbocycles. The Morgan fingerprint density at radius 1 is 0.646 bits per heavy atom. The SMILES string of the molecule is CC(C)(CCC#N)CN(C[C@@H](O)[C@H](Cc1ccccc1)NC(=O)OC1COCOC1)S(=O)(=O)c1ccc2c(c1)OCO2.CC(C)(CCC#N)CNC[C@@H](O)[C@H](Cc1ccccc1)NC(=O)OC1COCOC1.Cc1ccc2c(c1)OCO2. The van der Waals surface area contributed by atoms with Crippen LogP contribution in [-0.4, -0.2) is 151 Å². The van der Waals surface area contributed by atoms with Crippen molar-refractivity contribution in [3.8, 4) is 35.1 Å². The molecular weight excluding hydrogens is 1080 g/mol. The number of ether oxygens (including phenoxy) is 10. The molecule has 2 amide bonds. The Morgan fingerprint density at radius 3 is 1.62 bits per heavy atom. The standard InChI is InChI=1S/C29H37N3O9S.C22H33N3O5.C8H8O2/c1-29(2,11-6-12-30)18-32(42(35,36)23-9-10-26-27(14-23)40-20-39-26)15-25(33)24(13-21-7-4-3-5-8-21)31-28(34)41-22-16-37-19-38-17-22;1-22(2,9-6-10-23)15-24-12-20(26)19(11-17-7-4-3-5-8-17)25-21(27)30-18-13-28-16-29-14-18;1-6-2-3-7-8(4-6)10-5-9-7/h3-5,7-10,14,22,24-25,33H,6,11,13,15-20H2,1-2H3,(H,31,34);3-5,7-8,18-20,24,26H,6,9,11-16H2,1-2H3,(H,25,27);2-4H,5H2,1H3/t24-,25+;19-,20+;/m00./s1. The van der Waals surface area contributed by atoms with Gasteiger partial charge in [-0.1, -0.05) is 94.4 Å². The zero-order valence-electron chi connectivity index (χ0n) is 47.3. The Morgan fingerprint density at radius 2 is 1.11 bits per heavy atom. The number of aliphatic hydroxyl groups is 2. The number of carbonyl (C=O) groups excluding carboxylic acids is 2. The highest BCUT2D eigenvalue weighted by atomic mass is 32.2. The number of fused-ring (bicyclic) bond motifs is 2. The summed E-state index contributed by atoms with van der Waals surface area (Å²) in [6, 6.07) is 32.0. The summed E-state index contributed by atoms with van der Waals surface area (Å²) in [7, 11) is -4.16. The van der Waals surface area contributed by atoms with E-state index in [0.29, 0.717) is 63.9 Å². The molecule has 0 saturated carbocycles. The smallest absolute Gasteiger partial charge is 0.407 e. The molecule has 2 fully saturated rings. The minimum absolute atomic E-state index is 0.00943. The first-order valence-electron chi connectivity index (χ1n) is 27.2. The van der Waals surface area contributed by atoms with Crippen LogP contribution in [0.1, 0.15) is 70.1 Å². The summed E-state index contributed by atoms with van der Waals surface area (Å²) in [5.41, 5.74) is 2.37. The Labute approximate surface area is 480 Å². The molecular formula is C59H78N6O16S. The summed E-state index contributed by atoms with van der Waals surface area (Å²) in [6.45, 7) is 12.2. The third-order valence-corrected chi connectivity index (χ3v) is 15.3. The van der Waals surface area contributed by atoms with Gasteiger partial charge in [0.1, 0.15) is 13.6 Å². The number of nitriles is 2. The highest BCUT2D eigenvalue weighted by Crippen LogP contribution is 2.36. The average Bonchev–Trinajstić information content (AvgIpc) is 4.30. The van der Waals surface area contributed by atoms with Crippen LogP contribution in [0.5, 0.6) is 23.0 Å². The van der Waals surface area contributed by atoms with E-state index in [-0.39, 0.29) is 69.8 Å². The van der Waals surface area contributed by atoms with Gasteiger partial charge in [-0.05, 0) is 84.4 Å². The van der Waals surface area contributed by atoms with Crippen molar-refractivity contribution in [1.82, 2.24) is 20.3 Å². The minimum Gasteiger partial charge on any atom is -0.454 e. The molecule has 5 N–H and O–H groups in total. The van der Waals surface area contributed by atoms with Crippen LogP contribution in [0.2, 0.25) is 0 Å². The molecule has 2 saturated heterocycles. The number of nitrogens with zero attached hydrogens (tertiary/aromatic N) is 3. The van der Waals surface area contributed by atoms with E-state index in [1.165, 1.54) is 28.1 Å². The van der Waals surface area contributed by atoms with Crippen molar-refractivity contribution in [2.45, 2.75) is 115 Å². The predicted octanol–water partition coefficient (Wildman–Crippen LogP) is 6.51. The maximum atomic E-state index is 14.0. The maximum absolute atomic E-state index is 14.0. The number of alkyl carbamates (subject to hydrolysis) is 2. The molecule has 22 nitrogen and oxygen atoms in total. The topological polar surface area (TPSA) is 288 Å². The van der Waals surface area contributed by atoms with Crippen LogP contribution in [-0.2, 0) is 51.3 Å². The van der Waals surface area contributed by atoms with Gasteiger partial charge in [-0.15, -0.1) is 0 Å². The monoisotopic (exact) mass is 1160 g/mol. The van der Waals surface area contributed by atoms with Gasteiger partial charge in [0.25, 0.3) is 0 Å². The Balaban J connectivity index is 0.000000233. The zero-order valence-corrected chi connectivity index (χ0v) is 48.1. The van der Waals surface area contributed by atoms with E-state index in [1.807, 2.05) is 99.6 Å². The van der Waals surface area contributed by atoms with E-state index in [2.05, 4.69) is 41.9 Å². The predicted molar refractivity (Wildman–Crippen MR) is 299 cm³/mol. The van der Waals surface area contributed by atoms with Crippen molar-refractivity contribution >= 4 is 22.2 Å². The Kier molecular flexibility index (Phi) is 25.3. The highest BCUT2D eigenvalue weighted by molar-refractivity contribution is 7.89. The van der Waals surface area contributed by atoms with Gasteiger partial charge >= 0.3 is 12.2 Å². The third kappa shape index (κ3) is 21.5. The summed E-state index contributed by atoms with van der Waals surface area (Å²) in [5, 5.41) is 49.0. The lowest BCUT2D eigenvalue weighted by Gasteiger charge is -2.35. The maximum Gasteiger partial charge on any atom is 0.407 e. The number of carbonyl (C=O) groups is 2. The van der Waals surface area contributed by atoms with Crippen molar-refractivity contribution in [2.24, 2.45) is 10.8 Å². The largest absolute Gasteiger partial charge is 0.454 e. The average molecular weight is 1160 g/mol. The number of nitrogens with one attached hydrogen (secondary N) is 3. The second-order valence-corrected chi connectivity index (χ2v) is 23.7. The van der Waals surface area contributed by atoms with E-state index >= 15 is 0 Å².